The van der Waals surface area contributed by atoms with Crippen LogP contribution in [0.5, 0.6) is 0 Å². The van der Waals surface area contributed by atoms with Crippen LogP contribution in [0.2, 0.25) is 0 Å². The van der Waals surface area contributed by atoms with E-state index >= 15 is 0 Å². The van der Waals surface area contributed by atoms with Gasteiger partial charge in [0.1, 0.15) is 5.60 Å². The van der Waals surface area contributed by atoms with Crippen LogP contribution in [0.3, 0.4) is 0 Å². The number of piperidine rings is 1. The summed E-state index contributed by atoms with van der Waals surface area (Å²) in [4.78, 5) is 22.0. The van der Waals surface area contributed by atoms with Gasteiger partial charge in [-0.05, 0) is 52.9 Å². The quantitative estimate of drug-likeness (QED) is 0.695. The Labute approximate surface area is 171 Å². The topological polar surface area (TPSA) is 39.3 Å². The first-order valence-corrected chi connectivity index (χ1v) is 11.7. The van der Waals surface area contributed by atoms with Crippen LogP contribution in [0, 0.1) is 0 Å². The number of rotatable bonds is 6. The fraction of sp³-hybridized carbons (Fsp3) is 0.955. The number of likely N-dealkylation sites (tertiary alicyclic amines) is 2. The largest absolute Gasteiger partial charge is 0.441 e. The zero-order valence-corrected chi connectivity index (χ0v) is 18.1. The molecule has 4 fully saturated rings. The zero-order chi connectivity index (χ0) is 19.6. The molecule has 3 aliphatic heterocycles. The van der Waals surface area contributed by atoms with E-state index in [0.717, 1.165) is 58.0 Å². The number of ether oxygens (including phenoxy) is 1. The molecule has 6 heteroatoms. The number of amides is 1. The van der Waals surface area contributed by atoms with Gasteiger partial charge in [0.2, 0.25) is 0 Å². The van der Waals surface area contributed by atoms with Gasteiger partial charge in [-0.15, -0.1) is 0 Å². The van der Waals surface area contributed by atoms with Crippen LogP contribution in [-0.2, 0) is 4.74 Å². The minimum atomic E-state index is -0.202. The van der Waals surface area contributed by atoms with Crippen molar-refractivity contribution in [3.05, 3.63) is 0 Å². The van der Waals surface area contributed by atoms with Crippen LogP contribution in [0.25, 0.3) is 0 Å². The van der Waals surface area contributed by atoms with Crippen LogP contribution < -0.4 is 0 Å². The van der Waals surface area contributed by atoms with Gasteiger partial charge in [-0.3, -0.25) is 0 Å². The zero-order valence-electron chi connectivity index (χ0n) is 18.1. The highest BCUT2D eigenvalue weighted by atomic mass is 16.6. The lowest BCUT2D eigenvalue weighted by molar-refractivity contribution is -0.0144. The second-order valence-corrected chi connectivity index (χ2v) is 9.86. The molecule has 0 radical (unpaired) electrons. The fourth-order valence-corrected chi connectivity index (χ4v) is 5.79. The molecular weight excluding hydrogens is 352 g/mol. The van der Waals surface area contributed by atoms with Crippen molar-refractivity contribution >= 4 is 6.09 Å². The van der Waals surface area contributed by atoms with Gasteiger partial charge < -0.3 is 24.3 Å². The van der Waals surface area contributed by atoms with Crippen molar-refractivity contribution < 1.29 is 9.53 Å². The van der Waals surface area contributed by atoms with Crippen LogP contribution in [0.15, 0.2) is 0 Å². The molecule has 0 N–H and O–H groups in total. The van der Waals surface area contributed by atoms with E-state index in [4.69, 9.17) is 4.74 Å². The maximum atomic E-state index is 12.5. The molecule has 1 atom stereocenters. The predicted molar refractivity (Wildman–Crippen MR) is 112 cm³/mol. The van der Waals surface area contributed by atoms with Crippen molar-refractivity contribution in [3.8, 4) is 0 Å². The van der Waals surface area contributed by atoms with Crippen LogP contribution >= 0.6 is 0 Å². The number of carbonyl (C=O) groups is 1. The van der Waals surface area contributed by atoms with Gasteiger partial charge in [0.05, 0.1) is 6.54 Å². The Morgan fingerprint density at radius 3 is 2.46 bits per heavy atom. The average molecular weight is 393 g/mol. The molecule has 1 saturated carbocycles. The molecular formula is C22H40N4O2. The molecule has 0 bridgehead atoms. The highest BCUT2D eigenvalue weighted by Gasteiger charge is 2.47. The molecule has 4 aliphatic rings. The van der Waals surface area contributed by atoms with Crippen molar-refractivity contribution in [2.24, 2.45) is 0 Å². The number of nitrogens with zero attached hydrogens (tertiary/aromatic N) is 4. The molecule has 1 unspecified atom stereocenters. The minimum Gasteiger partial charge on any atom is -0.441 e. The van der Waals surface area contributed by atoms with Crippen LogP contribution in [0.1, 0.15) is 57.8 Å². The van der Waals surface area contributed by atoms with Gasteiger partial charge in [0, 0.05) is 51.1 Å². The van der Waals surface area contributed by atoms with Gasteiger partial charge in [0.15, 0.2) is 0 Å². The summed E-state index contributed by atoms with van der Waals surface area (Å²) >= 11 is 0. The Kier molecular flexibility index (Phi) is 6.48. The molecule has 4 rings (SSSR count). The highest BCUT2D eigenvalue weighted by molar-refractivity contribution is 5.70. The maximum absolute atomic E-state index is 12.5. The van der Waals surface area contributed by atoms with Crippen molar-refractivity contribution in [2.75, 3.05) is 59.9 Å². The summed E-state index contributed by atoms with van der Waals surface area (Å²) in [6.45, 7) is 7.31. The summed E-state index contributed by atoms with van der Waals surface area (Å²) in [6.07, 6.45) is 11.2. The van der Waals surface area contributed by atoms with E-state index in [1.54, 1.807) is 0 Å². The smallest absolute Gasteiger partial charge is 0.410 e. The summed E-state index contributed by atoms with van der Waals surface area (Å²) in [5, 5.41) is 0. The predicted octanol–water partition coefficient (Wildman–Crippen LogP) is 2.63. The van der Waals surface area contributed by atoms with E-state index in [1.165, 1.54) is 51.6 Å². The maximum Gasteiger partial charge on any atom is 0.410 e. The molecule has 3 saturated heterocycles. The van der Waals surface area contributed by atoms with E-state index in [1.807, 2.05) is 4.90 Å². The highest BCUT2D eigenvalue weighted by Crippen LogP contribution is 2.35. The average Bonchev–Trinajstić information content (AvgIpc) is 3.29. The Bertz CT molecular complexity index is 527. The molecule has 28 heavy (non-hydrogen) atoms. The molecule has 1 spiro atoms. The standard InChI is InChI=1S/C22H40N4O2/c1-23(2)20-9-14-24(17-20)12-6-13-26-18-22(28-21(26)27)10-15-25(16-11-22)19-7-4-3-5-8-19/h19-20H,3-18H2,1-2H3. The first-order chi connectivity index (χ1) is 13.5. The van der Waals surface area contributed by atoms with Crippen molar-refractivity contribution in [1.82, 2.24) is 19.6 Å². The second kappa shape index (κ2) is 8.88. The van der Waals surface area contributed by atoms with Crippen molar-refractivity contribution in [3.63, 3.8) is 0 Å². The Morgan fingerprint density at radius 1 is 1.04 bits per heavy atom. The lowest BCUT2D eigenvalue weighted by Crippen LogP contribution is -2.50. The molecule has 1 amide bonds. The first kappa shape index (κ1) is 20.4. The summed E-state index contributed by atoms with van der Waals surface area (Å²) in [5.74, 6) is 0. The van der Waals surface area contributed by atoms with E-state index in [2.05, 4.69) is 28.8 Å². The van der Waals surface area contributed by atoms with Gasteiger partial charge in [-0.2, -0.15) is 0 Å². The second-order valence-electron chi connectivity index (χ2n) is 9.86. The molecule has 0 aromatic heterocycles. The van der Waals surface area contributed by atoms with Gasteiger partial charge in [0.25, 0.3) is 0 Å². The van der Waals surface area contributed by atoms with Crippen LogP contribution in [-0.4, -0.2) is 103 Å². The molecule has 160 valence electrons. The van der Waals surface area contributed by atoms with E-state index < -0.39 is 0 Å². The van der Waals surface area contributed by atoms with Crippen LogP contribution in [0.4, 0.5) is 4.79 Å². The SMILES string of the molecule is CN(C)C1CCN(CCCN2CC3(CCN(C4CCCCC4)CC3)OC2=O)C1. The number of hydrogen-bond donors (Lipinski definition) is 0. The lowest BCUT2D eigenvalue weighted by Gasteiger charge is -2.42. The molecule has 3 heterocycles. The minimum absolute atomic E-state index is 0.0706. The monoisotopic (exact) mass is 392 g/mol. The van der Waals surface area contributed by atoms with Crippen molar-refractivity contribution in [1.29, 1.82) is 0 Å². The Morgan fingerprint density at radius 2 is 1.79 bits per heavy atom. The summed E-state index contributed by atoms with van der Waals surface area (Å²) in [5.41, 5.74) is -0.202. The Hall–Kier alpha value is -0.850. The third-order valence-corrected chi connectivity index (χ3v) is 7.72. The van der Waals surface area contributed by atoms with E-state index in [-0.39, 0.29) is 11.7 Å². The molecule has 1 aliphatic carbocycles. The summed E-state index contributed by atoms with van der Waals surface area (Å²) in [6, 6.07) is 1.47. The summed E-state index contributed by atoms with van der Waals surface area (Å²) < 4.78 is 5.95. The normalized spacial score (nSPS) is 29.9. The molecule has 0 aromatic rings. The fourth-order valence-electron chi connectivity index (χ4n) is 5.79. The number of hydrogen-bond acceptors (Lipinski definition) is 5. The Balaban J connectivity index is 1.19. The third kappa shape index (κ3) is 4.65. The van der Waals surface area contributed by atoms with Gasteiger partial charge >= 0.3 is 6.09 Å². The summed E-state index contributed by atoms with van der Waals surface area (Å²) in [7, 11) is 4.35. The number of likely N-dealkylation sites (N-methyl/N-ethyl adjacent to an activating group) is 1. The lowest BCUT2D eigenvalue weighted by atomic mass is 9.87. The van der Waals surface area contributed by atoms with E-state index in [0.29, 0.717) is 6.04 Å². The van der Waals surface area contributed by atoms with E-state index in [9.17, 15) is 4.79 Å². The third-order valence-electron chi connectivity index (χ3n) is 7.72. The van der Waals surface area contributed by atoms with Gasteiger partial charge in [-0.1, -0.05) is 19.3 Å². The number of carbonyl (C=O) groups excluding carboxylic acids is 1. The van der Waals surface area contributed by atoms with Gasteiger partial charge in [-0.25, -0.2) is 4.79 Å². The molecule has 6 nitrogen and oxygen atoms in total. The first-order valence-electron chi connectivity index (χ1n) is 11.7. The molecule has 0 aromatic carbocycles. The van der Waals surface area contributed by atoms with Crippen molar-refractivity contribution in [2.45, 2.75) is 75.5 Å².